The number of hydrogen-bond donors (Lipinski definition) is 7. The number of hydrogen-bond acceptors (Lipinski definition) is 7. The van der Waals surface area contributed by atoms with Crippen molar-refractivity contribution in [3.05, 3.63) is 151 Å². The Hall–Kier alpha value is -5.80. The number of carbonyl (C=O) groups is 4. The Morgan fingerprint density at radius 1 is 0.727 bits per heavy atom. The van der Waals surface area contributed by atoms with Crippen molar-refractivity contribution < 1.29 is 48.2 Å². The monoisotopic (exact) mass is 798 g/mol. The smallest absolute Gasteiger partial charge is 0.309 e. The molecule has 0 aromatic heterocycles. The molecule has 4 aromatic rings. The molecule has 288 valence electrons. The average Bonchev–Trinajstić information content (AvgIpc) is 3.26. The second-order valence-corrected chi connectivity index (χ2v) is 12.2. The number of nitrogens with zero attached hydrogens (tertiary/aromatic N) is 2. The van der Waals surface area contributed by atoms with E-state index in [1.165, 1.54) is 19.9 Å². The number of aliphatic carboxylic acids is 1. The molecule has 13 nitrogen and oxygen atoms in total. The lowest BCUT2D eigenvalue weighted by atomic mass is 9.91. The second-order valence-electron chi connectivity index (χ2n) is 11.4. The Kier molecular flexibility index (Phi) is 12.9. The van der Waals surface area contributed by atoms with Gasteiger partial charge in [-0.15, -0.1) is 0 Å². The highest BCUT2D eigenvalue weighted by Gasteiger charge is 2.26. The Labute approximate surface area is 343 Å². The Morgan fingerprint density at radius 2 is 1.13 bits per heavy atom. The summed E-state index contributed by atoms with van der Waals surface area (Å²) in [6, 6.07) is 0.172. The van der Waals surface area contributed by atoms with Crippen molar-refractivity contribution in [2.75, 3.05) is 0 Å². The van der Waals surface area contributed by atoms with Crippen molar-refractivity contribution >= 4 is 58.3 Å². The second kappa shape index (κ2) is 22.4. The Balaban J connectivity index is 0.000000370. The van der Waals surface area contributed by atoms with Crippen LogP contribution in [-0.4, -0.2) is 51.2 Å². The van der Waals surface area contributed by atoms with Crippen molar-refractivity contribution in [2.24, 2.45) is 17.7 Å². The molecule has 4 rings (SSSR count). The minimum Gasteiger partial charge on any atom is -0.481 e. The summed E-state index contributed by atoms with van der Waals surface area (Å²) < 4.78 is 75.0. The van der Waals surface area contributed by atoms with Crippen LogP contribution >= 0.6 is 23.2 Å². The van der Waals surface area contributed by atoms with Gasteiger partial charge in [0, 0.05) is 11.1 Å². The zero-order valence-corrected chi connectivity index (χ0v) is 31.2. The van der Waals surface area contributed by atoms with Gasteiger partial charge in [-0.3, -0.25) is 35.5 Å². The molecule has 0 spiro atoms. The average molecular weight is 800 g/mol. The highest BCUT2D eigenvalue weighted by molar-refractivity contribution is 6.34. The number of hydrazine groups is 2. The number of nitrogens with two attached hydrogens (primary N) is 1. The third kappa shape index (κ3) is 13.5. The van der Waals surface area contributed by atoms with E-state index in [4.69, 9.17) is 61.0 Å². The minimum absolute atomic E-state index is 0.0534. The molecule has 3 amide bonds. The van der Waals surface area contributed by atoms with Crippen LogP contribution in [0.3, 0.4) is 0 Å². The number of aliphatic hydroxyl groups excluding tert-OH is 2. The molecule has 8 N–H and O–H groups in total. The van der Waals surface area contributed by atoms with Crippen molar-refractivity contribution in [1.29, 1.82) is 0 Å². The molecule has 55 heavy (non-hydrogen) atoms. The maximum atomic E-state index is 12.6. The highest BCUT2D eigenvalue weighted by Crippen LogP contribution is 2.33. The molecule has 4 atom stereocenters. The van der Waals surface area contributed by atoms with Crippen LogP contribution in [0.1, 0.15) is 70.5 Å². The standard InChI is InChI=1S/C20H20ClN3O3.C13H14ClNO3.C7H8N2O/c1-12-15(9-10-17(22-3)18(12)21)11-16(13(2)25)20(27)24-23-19(26)14-7-5-4-6-8-14;1-7-9(4-5-11(15-3)12(7)14)6-10(8(2)16)13(17)18;8-9-7(10)6-4-2-1-3-5-6/h4-10,13,16,25H,11H2,1-2H3,(H,23,26)(H,24,27);4-5,8,10,16H,6H2,1-2H3,(H,17,18);1-5H,8H2,(H,9,10)/t13-,16+;8-,10+;/m00./s1/i4D,5D,6D,7D,8D;;1D,2D,3D,4D,5D. The number of halogens is 2. The van der Waals surface area contributed by atoms with Gasteiger partial charge in [0.05, 0.1) is 60.9 Å². The number of nitrogens with one attached hydrogen (secondary N) is 3. The highest BCUT2D eigenvalue weighted by atomic mass is 35.5. The number of benzene rings is 4. The Morgan fingerprint density at radius 3 is 1.49 bits per heavy atom. The fourth-order valence-corrected chi connectivity index (χ4v) is 4.98. The van der Waals surface area contributed by atoms with E-state index in [1.54, 1.807) is 37.5 Å². The van der Waals surface area contributed by atoms with Crippen molar-refractivity contribution in [3.63, 3.8) is 0 Å². The van der Waals surface area contributed by atoms with Gasteiger partial charge in [0.1, 0.15) is 0 Å². The summed E-state index contributed by atoms with van der Waals surface area (Å²) >= 11 is 12.2. The van der Waals surface area contributed by atoms with Crippen LogP contribution in [0.4, 0.5) is 11.4 Å². The summed E-state index contributed by atoms with van der Waals surface area (Å²) in [4.78, 5) is 53.8. The van der Waals surface area contributed by atoms with Crippen molar-refractivity contribution in [2.45, 2.75) is 52.7 Å². The van der Waals surface area contributed by atoms with Crippen LogP contribution in [0.2, 0.25) is 10.0 Å². The topological polar surface area (TPSA) is 200 Å². The van der Waals surface area contributed by atoms with Crippen LogP contribution in [0, 0.1) is 38.8 Å². The third-order valence-corrected chi connectivity index (χ3v) is 8.73. The molecule has 0 unspecified atom stereocenters. The number of carbonyl (C=O) groups excluding carboxylic acids is 3. The molecule has 0 saturated carbocycles. The fourth-order valence-electron chi connectivity index (χ4n) is 4.53. The van der Waals surface area contributed by atoms with Gasteiger partial charge >= 0.3 is 5.97 Å². The number of nitrogen functional groups attached to an aromatic ring is 1. The molecule has 0 saturated heterocycles. The molecular weight excluding hydrogens is 747 g/mol. The summed E-state index contributed by atoms with van der Waals surface area (Å²) in [6.07, 6.45) is -1.82. The van der Waals surface area contributed by atoms with Crippen LogP contribution in [-0.2, 0) is 22.4 Å². The first-order chi connectivity index (χ1) is 30.2. The van der Waals surface area contributed by atoms with Crippen LogP contribution in [0.5, 0.6) is 0 Å². The molecule has 0 bridgehead atoms. The molecular formula is C40H42Cl2N6O7. The first kappa shape index (κ1) is 31.5. The van der Waals surface area contributed by atoms with Gasteiger partial charge in [-0.25, -0.2) is 15.5 Å². The molecule has 0 fully saturated rings. The summed E-state index contributed by atoms with van der Waals surface area (Å²) in [5.41, 5.74) is 8.07. The van der Waals surface area contributed by atoms with E-state index < -0.39 is 119 Å². The summed E-state index contributed by atoms with van der Waals surface area (Å²) in [5.74, 6) is -0.855. The van der Waals surface area contributed by atoms with Crippen LogP contribution in [0.15, 0.2) is 84.7 Å². The van der Waals surface area contributed by atoms with Gasteiger partial charge in [0.2, 0.25) is 17.3 Å². The predicted molar refractivity (Wildman–Crippen MR) is 210 cm³/mol. The van der Waals surface area contributed by atoms with E-state index >= 15 is 0 Å². The molecule has 0 heterocycles. The van der Waals surface area contributed by atoms with Gasteiger partial charge in [-0.2, -0.15) is 0 Å². The normalized spacial score (nSPS) is 14.8. The number of rotatable bonds is 10. The van der Waals surface area contributed by atoms with E-state index in [0.29, 0.717) is 27.4 Å². The lowest BCUT2D eigenvalue weighted by molar-refractivity contribution is -0.145. The predicted octanol–water partition coefficient (Wildman–Crippen LogP) is 6.31. The van der Waals surface area contributed by atoms with Gasteiger partial charge in [-0.1, -0.05) is 83.7 Å². The summed E-state index contributed by atoms with van der Waals surface area (Å²) in [5, 5.41) is 29.2. The lowest BCUT2D eigenvalue weighted by Crippen LogP contribution is -2.47. The number of carboxylic acids is 1. The molecule has 15 heteroatoms. The van der Waals surface area contributed by atoms with Gasteiger partial charge in [0.15, 0.2) is 0 Å². The van der Waals surface area contributed by atoms with Gasteiger partial charge in [-0.05, 0) is 87.0 Å². The summed E-state index contributed by atoms with van der Waals surface area (Å²) in [6.45, 7) is 20.3. The number of carboxylic acid groups (broad SMARTS) is 1. The van der Waals surface area contributed by atoms with Gasteiger partial charge < -0.3 is 15.3 Å². The van der Waals surface area contributed by atoms with Crippen molar-refractivity contribution in [3.8, 4) is 0 Å². The zero-order chi connectivity index (χ0) is 49.9. The minimum atomic E-state index is -1.12. The molecule has 0 aliphatic carbocycles. The molecule has 4 aromatic carbocycles. The van der Waals surface area contributed by atoms with Crippen LogP contribution < -0.4 is 22.1 Å². The maximum absolute atomic E-state index is 12.6. The van der Waals surface area contributed by atoms with Crippen LogP contribution in [0.25, 0.3) is 9.69 Å². The first-order valence-corrected chi connectivity index (χ1v) is 16.6. The van der Waals surface area contributed by atoms with E-state index in [-0.39, 0.29) is 23.6 Å². The summed E-state index contributed by atoms with van der Waals surface area (Å²) in [7, 11) is 0. The largest absolute Gasteiger partial charge is 0.481 e. The number of amides is 3. The van der Waals surface area contributed by atoms with Crippen molar-refractivity contribution in [1.82, 2.24) is 16.3 Å². The fraction of sp³-hybridized carbons (Fsp3) is 0.250. The number of aliphatic hydroxyl groups is 2. The van der Waals surface area contributed by atoms with E-state index in [0.717, 1.165) is 5.56 Å². The molecule has 0 aliphatic rings. The maximum Gasteiger partial charge on any atom is 0.309 e. The Bertz CT molecular complexity index is 2550. The quantitative estimate of drug-likeness (QED) is 0.0419. The first-order valence-electron chi connectivity index (χ1n) is 20.9. The van der Waals surface area contributed by atoms with E-state index in [2.05, 4.69) is 15.1 Å². The zero-order valence-electron chi connectivity index (χ0n) is 39.7. The molecule has 0 radical (unpaired) electrons. The third-order valence-electron chi connectivity index (χ3n) is 7.78. The SMILES string of the molecule is [2H]c1c([2H])c([2H])c(C(=O)NN)c([2H])c1[2H].[2H]c1c([2H])c([2H])c(C(=O)NNC(=O)[C@H](Cc2ccc([N+]#[C-])c(Cl)c2C)[C@H](C)O)c([2H])c1[2H].[C-]#[N+]c1ccc(C[C@@H](C(=O)O)[C@H](C)O)c(C)c1Cl. The van der Waals surface area contributed by atoms with E-state index in [9.17, 15) is 29.4 Å². The lowest BCUT2D eigenvalue weighted by Gasteiger charge is -2.21. The molecule has 0 aliphatic heterocycles. The van der Waals surface area contributed by atoms with Gasteiger partial charge in [0.25, 0.3) is 11.8 Å². The van der Waals surface area contributed by atoms with E-state index in [1.807, 2.05) is 5.43 Å².